The van der Waals surface area contributed by atoms with Crippen molar-refractivity contribution < 1.29 is 0 Å². The Hall–Kier alpha value is -9.50. The summed E-state index contributed by atoms with van der Waals surface area (Å²) in [6, 6.07) is 98.8. The summed E-state index contributed by atoms with van der Waals surface area (Å²) in [5.74, 6) is 0. The van der Waals surface area contributed by atoms with Gasteiger partial charge in [-0.3, -0.25) is 0 Å². The van der Waals surface area contributed by atoms with Crippen molar-refractivity contribution in [3.63, 3.8) is 0 Å². The van der Waals surface area contributed by atoms with E-state index in [0.717, 1.165) is 28.3 Å². The number of para-hydroxylation sites is 2. The molecule has 2 heteroatoms. The lowest BCUT2D eigenvalue weighted by Gasteiger charge is -2.32. The van der Waals surface area contributed by atoms with Gasteiger partial charge in [-0.05, 0) is 150 Å². The SMILES string of the molecule is CC1(C)c2cc(C=Cc3ccc(N(c4ccccc4)c4ccc5c(c4)C4(c6ccccc6-c6ccccc64)c4ccccc4-5)cc3)ccc2-c2cc3c(-c4ccccc4)c(-c4ccccc4)n(-c4ccccc4)c3cc21. The maximum Gasteiger partial charge on any atom is 0.0726 e. The van der Waals surface area contributed by atoms with Gasteiger partial charge in [0.1, 0.15) is 0 Å². The fourth-order valence-corrected chi connectivity index (χ4v) is 13.4. The molecule has 0 atom stereocenters. The molecule has 1 spiro atoms. The van der Waals surface area contributed by atoms with Gasteiger partial charge in [0.2, 0.25) is 0 Å². The van der Waals surface area contributed by atoms with E-state index in [4.69, 9.17) is 0 Å². The first-order valence-corrected chi connectivity index (χ1v) is 26.6. The van der Waals surface area contributed by atoms with Crippen LogP contribution in [-0.4, -0.2) is 4.57 Å². The third kappa shape index (κ3) is 6.47. The van der Waals surface area contributed by atoms with Crippen molar-refractivity contribution in [2.24, 2.45) is 0 Å². The molecular weight excluding hydrogens is 917 g/mol. The molecule has 1 heterocycles. The lowest BCUT2D eigenvalue weighted by molar-refractivity contribution is 0.661. The van der Waals surface area contributed by atoms with E-state index in [1.54, 1.807) is 0 Å². The van der Waals surface area contributed by atoms with Crippen LogP contribution in [0, 0.1) is 0 Å². The number of anilines is 3. The second-order valence-corrected chi connectivity index (χ2v) is 21.2. The number of aromatic nitrogens is 1. The first-order valence-electron chi connectivity index (χ1n) is 26.6. The van der Waals surface area contributed by atoms with E-state index in [1.165, 1.54) is 106 Å². The number of hydrogen-bond acceptors (Lipinski definition) is 1. The summed E-state index contributed by atoms with van der Waals surface area (Å²) in [4.78, 5) is 2.41. The molecule has 1 aromatic heterocycles. The van der Waals surface area contributed by atoms with Gasteiger partial charge in [-0.1, -0.05) is 232 Å². The summed E-state index contributed by atoms with van der Waals surface area (Å²) in [6.07, 6.45) is 4.53. The van der Waals surface area contributed by atoms with Crippen molar-refractivity contribution >= 4 is 40.1 Å². The molecule has 0 bridgehead atoms. The molecule has 0 fully saturated rings. The normalized spacial score (nSPS) is 13.8. The Morgan fingerprint density at radius 1 is 0.342 bits per heavy atom. The molecule has 11 aromatic carbocycles. The van der Waals surface area contributed by atoms with E-state index >= 15 is 0 Å². The van der Waals surface area contributed by atoms with E-state index in [-0.39, 0.29) is 5.41 Å². The fraction of sp³-hybridized carbons (Fsp3) is 0.0541. The van der Waals surface area contributed by atoms with Gasteiger partial charge >= 0.3 is 0 Å². The van der Waals surface area contributed by atoms with Crippen LogP contribution in [0.15, 0.2) is 267 Å². The molecule has 0 radical (unpaired) electrons. The van der Waals surface area contributed by atoms with Crippen LogP contribution < -0.4 is 4.90 Å². The van der Waals surface area contributed by atoms with Gasteiger partial charge in [0.05, 0.1) is 16.6 Å². The third-order valence-electron chi connectivity index (χ3n) is 16.8. The van der Waals surface area contributed by atoms with Crippen LogP contribution in [0.1, 0.15) is 58.4 Å². The smallest absolute Gasteiger partial charge is 0.0726 e. The van der Waals surface area contributed by atoms with Crippen molar-refractivity contribution in [2.75, 3.05) is 4.90 Å². The standard InChI is InChI=1S/C74H52N2/c1-73(2)67-45-50(39-43-61(67)62-47-63-70(48-68(62)73)76(54-27-13-6-14-28-54)72(52-23-9-4-10-24-52)71(63)51-21-7-3-8-22-51)36-35-49-37-40-55(41-38-49)75(53-25-11-5-12-26-53)56-42-44-60-59-31-17-20-34-66(59)74(69(60)46-56)64-32-18-15-29-57(64)58-30-16-19-33-65(58)74/h3-48H,1-2H3. The largest absolute Gasteiger partial charge is 0.310 e. The summed E-state index contributed by atoms with van der Waals surface area (Å²) in [6.45, 7) is 4.79. The zero-order valence-corrected chi connectivity index (χ0v) is 42.5. The van der Waals surface area contributed by atoms with E-state index < -0.39 is 5.41 Å². The van der Waals surface area contributed by atoms with Crippen LogP contribution in [0.5, 0.6) is 0 Å². The van der Waals surface area contributed by atoms with Crippen molar-refractivity contribution in [1.29, 1.82) is 0 Å². The number of rotatable bonds is 8. The minimum Gasteiger partial charge on any atom is -0.310 e. The lowest BCUT2D eigenvalue weighted by Crippen LogP contribution is -2.26. The summed E-state index contributed by atoms with van der Waals surface area (Å²) in [5, 5.41) is 1.26. The highest BCUT2D eigenvalue weighted by molar-refractivity contribution is 6.09. The minimum atomic E-state index is -0.416. The molecule has 0 aliphatic heterocycles. The zero-order valence-electron chi connectivity index (χ0n) is 42.5. The highest BCUT2D eigenvalue weighted by Gasteiger charge is 2.51. The quantitative estimate of drug-likeness (QED) is 0.138. The van der Waals surface area contributed by atoms with E-state index in [0.29, 0.717) is 0 Å². The highest BCUT2D eigenvalue weighted by atomic mass is 15.1. The average molecular weight is 969 g/mol. The first-order chi connectivity index (χ1) is 37.5. The van der Waals surface area contributed by atoms with Gasteiger partial charge in [0.15, 0.2) is 0 Å². The molecular formula is C74H52N2. The maximum atomic E-state index is 2.49. The Morgan fingerprint density at radius 3 is 1.43 bits per heavy atom. The van der Waals surface area contributed by atoms with Gasteiger partial charge in [-0.2, -0.15) is 0 Å². The molecule has 0 saturated carbocycles. The molecule has 12 aromatic rings. The Kier molecular flexibility index (Phi) is 9.86. The topological polar surface area (TPSA) is 8.17 Å². The van der Waals surface area contributed by atoms with Crippen LogP contribution in [-0.2, 0) is 10.8 Å². The van der Waals surface area contributed by atoms with Gasteiger partial charge < -0.3 is 9.47 Å². The fourth-order valence-electron chi connectivity index (χ4n) is 13.4. The summed E-state index contributed by atoms with van der Waals surface area (Å²) in [5.41, 5.74) is 28.2. The number of nitrogens with zero attached hydrogens (tertiary/aromatic N) is 2. The van der Waals surface area contributed by atoms with Gasteiger partial charge in [-0.15, -0.1) is 0 Å². The van der Waals surface area contributed by atoms with Crippen molar-refractivity contribution in [3.8, 4) is 61.5 Å². The molecule has 0 amide bonds. The van der Waals surface area contributed by atoms with Crippen LogP contribution in [0.2, 0.25) is 0 Å². The second-order valence-electron chi connectivity index (χ2n) is 21.2. The zero-order chi connectivity index (χ0) is 50.5. The summed E-state index contributed by atoms with van der Waals surface area (Å²) >= 11 is 0. The summed E-state index contributed by atoms with van der Waals surface area (Å²) < 4.78 is 2.49. The Labute approximate surface area is 444 Å². The number of benzene rings is 11. The predicted molar refractivity (Wildman–Crippen MR) is 318 cm³/mol. The van der Waals surface area contributed by atoms with E-state index in [1.807, 2.05) is 0 Å². The van der Waals surface area contributed by atoms with Crippen LogP contribution in [0.25, 0.3) is 84.5 Å². The minimum absolute atomic E-state index is 0.221. The van der Waals surface area contributed by atoms with Crippen LogP contribution >= 0.6 is 0 Å². The predicted octanol–water partition coefficient (Wildman–Crippen LogP) is 19.3. The van der Waals surface area contributed by atoms with Gasteiger partial charge in [-0.25, -0.2) is 0 Å². The van der Waals surface area contributed by atoms with Crippen molar-refractivity contribution in [3.05, 3.63) is 311 Å². The van der Waals surface area contributed by atoms with Crippen LogP contribution in [0.4, 0.5) is 17.1 Å². The molecule has 0 saturated heterocycles. The monoisotopic (exact) mass is 968 g/mol. The number of fused-ring (bicyclic) bond motifs is 14. The molecule has 76 heavy (non-hydrogen) atoms. The van der Waals surface area contributed by atoms with E-state index in [2.05, 4.69) is 302 Å². The van der Waals surface area contributed by atoms with Gasteiger partial charge in [0, 0.05) is 39.1 Å². The Morgan fingerprint density at radius 2 is 0.803 bits per heavy atom. The lowest BCUT2D eigenvalue weighted by atomic mass is 9.70. The second kappa shape index (κ2) is 17.0. The highest BCUT2D eigenvalue weighted by Crippen LogP contribution is 2.63. The number of hydrogen-bond donors (Lipinski definition) is 0. The molecule has 2 nitrogen and oxygen atoms in total. The maximum absolute atomic E-state index is 2.49. The Bertz CT molecular complexity index is 4210. The van der Waals surface area contributed by atoms with Crippen molar-refractivity contribution in [1.82, 2.24) is 4.57 Å². The third-order valence-corrected chi connectivity index (χ3v) is 16.8. The van der Waals surface area contributed by atoms with Crippen LogP contribution in [0.3, 0.4) is 0 Å². The molecule has 3 aliphatic carbocycles. The molecule has 15 rings (SSSR count). The molecule has 0 N–H and O–H groups in total. The molecule has 358 valence electrons. The molecule has 0 unspecified atom stereocenters. The molecule has 3 aliphatic rings. The van der Waals surface area contributed by atoms with Crippen molar-refractivity contribution in [2.45, 2.75) is 24.7 Å². The summed E-state index contributed by atoms with van der Waals surface area (Å²) in [7, 11) is 0. The first kappa shape index (κ1) is 44.0. The Balaban J connectivity index is 0.794. The average Bonchev–Trinajstić information content (AvgIpc) is 4.35. The van der Waals surface area contributed by atoms with E-state index in [9.17, 15) is 0 Å². The van der Waals surface area contributed by atoms with Gasteiger partial charge in [0.25, 0.3) is 0 Å².